The van der Waals surface area contributed by atoms with Gasteiger partial charge in [-0.3, -0.25) is 4.79 Å². The van der Waals surface area contributed by atoms with Crippen LogP contribution >= 0.6 is 11.6 Å². The van der Waals surface area contributed by atoms with E-state index in [0.717, 1.165) is 19.3 Å². The lowest BCUT2D eigenvalue weighted by Gasteiger charge is -2.30. The maximum Gasteiger partial charge on any atom is 0.224 e. The molecule has 0 aromatic heterocycles. The minimum Gasteiger partial charge on any atom is -0.496 e. The zero-order chi connectivity index (χ0) is 15.5. The van der Waals surface area contributed by atoms with Gasteiger partial charge in [0.1, 0.15) is 5.75 Å². The fourth-order valence-electron chi connectivity index (χ4n) is 2.98. The number of hydrogen-bond donors (Lipinski definition) is 2. The predicted octanol–water partition coefficient (Wildman–Crippen LogP) is 2.56. The van der Waals surface area contributed by atoms with Gasteiger partial charge in [0, 0.05) is 22.0 Å². The number of methoxy groups -OCH3 is 1. The highest BCUT2D eigenvalue weighted by Gasteiger charge is 2.39. The van der Waals surface area contributed by atoms with Crippen LogP contribution in [-0.4, -0.2) is 30.8 Å². The summed E-state index contributed by atoms with van der Waals surface area (Å²) in [6.07, 6.45) is 3.05. The first kappa shape index (κ1) is 16.1. The lowest BCUT2D eigenvalue weighted by Crippen LogP contribution is -2.45. The second-order valence-electron chi connectivity index (χ2n) is 5.92. The largest absolute Gasteiger partial charge is 0.496 e. The minimum atomic E-state index is -0.222. The molecule has 1 aromatic carbocycles. The molecule has 1 fully saturated rings. The molecule has 2 N–H and O–H groups in total. The third-order valence-corrected chi connectivity index (χ3v) is 4.77. The molecule has 1 saturated carbocycles. The lowest BCUT2D eigenvalue weighted by atomic mass is 9.85. The highest BCUT2D eigenvalue weighted by atomic mass is 35.5. The van der Waals surface area contributed by atoms with E-state index < -0.39 is 0 Å². The number of benzene rings is 1. The number of aliphatic hydroxyl groups is 1. The Morgan fingerprint density at radius 1 is 1.57 bits per heavy atom. The van der Waals surface area contributed by atoms with E-state index in [9.17, 15) is 9.90 Å². The number of halogens is 1. The van der Waals surface area contributed by atoms with E-state index in [4.69, 9.17) is 16.3 Å². The number of rotatable bonds is 5. The van der Waals surface area contributed by atoms with E-state index in [0.29, 0.717) is 16.3 Å². The molecule has 2 atom stereocenters. The van der Waals surface area contributed by atoms with E-state index in [1.807, 2.05) is 6.92 Å². The zero-order valence-electron chi connectivity index (χ0n) is 12.5. The van der Waals surface area contributed by atoms with E-state index in [1.54, 1.807) is 25.3 Å². The van der Waals surface area contributed by atoms with Gasteiger partial charge in [0.2, 0.25) is 5.91 Å². The van der Waals surface area contributed by atoms with Gasteiger partial charge in [0.05, 0.1) is 20.1 Å². The number of amides is 1. The van der Waals surface area contributed by atoms with Crippen LogP contribution in [-0.2, 0) is 11.2 Å². The van der Waals surface area contributed by atoms with Crippen LogP contribution in [0.5, 0.6) is 5.75 Å². The fourth-order valence-corrected chi connectivity index (χ4v) is 3.21. The summed E-state index contributed by atoms with van der Waals surface area (Å²) in [4.78, 5) is 12.3. The SMILES string of the molecule is COc1cccc(Cl)c1CC(=O)N[C@H]1CCC[C@@]1(C)CO. The van der Waals surface area contributed by atoms with Crippen molar-refractivity contribution in [1.29, 1.82) is 0 Å². The van der Waals surface area contributed by atoms with Gasteiger partial charge in [-0.05, 0) is 25.0 Å². The van der Waals surface area contributed by atoms with E-state index in [2.05, 4.69) is 5.32 Å². The number of ether oxygens (including phenoxy) is 1. The van der Waals surface area contributed by atoms with Gasteiger partial charge in [-0.25, -0.2) is 0 Å². The van der Waals surface area contributed by atoms with Gasteiger partial charge >= 0.3 is 0 Å². The first-order chi connectivity index (χ1) is 10.00. The molecule has 0 bridgehead atoms. The molecular formula is C16H22ClNO3. The molecule has 0 aliphatic heterocycles. The molecule has 0 saturated heterocycles. The molecule has 1 aliphatic carbocycles. The van der Waals surface area contributed by atoms with Crippen LogP contribution in [0, 0.1) is 5.41 Å². The average Bonchev–Trinajstić information content (AvgIpc) is 2.83. The molecular weight excluding hydrogens is 290 g/mol. The smallest absolute Gasteiger partial charge is 0.224 e. The Morgan fingerprint density at radius 2 is 2.33 bits per heavy atom. The molecule has 116 valence electrons. The van der Waals surface area contributed by atoms with Gasteiger partial charge < -0.3 is 15.2 Å². The molecule has 1 aromatic rings. The summed E-state index contributed by atoms with van der Waals surface area (Å²) in [5.74, 6) is 0.530. The third-order valence-electron chi connectivity index (χ3n) is 4.41. The molecule has 0 spiro atoms. The third kappa shape index (κ3) is 3.50. The van der Waals surface area contributed by atoms with E-state index in [-0.39, 0.29) is 30.4 Å². The minimum absolute atomic E-state index is 0.0171. The van der Waals surface area contributed by atoms with Crippen molar-refractivity contribution in [2.75, 3.05) is 13.7 Å². The van der Waals surface area contributed by atoms with Crippen molar-refractivity contribution in [2.45, 2.75) is 38.6 Å². The van der Waals surface area contributed by atoms with Crippen molar-refractivity contribution >= 4 is 17.5 Å². The fraction of sp³-hybridized carbons (Fsp3) is 0.562. The Labute approximate surface area is 130 Å². The van der Waals surface area contributed by atoms with Gasteiger partial charge in [0.25, 0.3) is 0 Å². The summed E-state index contributed by atoms with van der Waals surface area (Å²) in [6.45, 7) is 2.11. The van der Waals surface area contributed by atoms with Crippen LogP contribution in [0.1, 0.15) is 31.7 Å². The second-order valence-corrected chi connectivity index (χ2v) is 6.33. The monoisotopic (exact) mass is 311 g/mol. The number of carbonyl (C=O) groups is 1. The van der Waals surface area contributed by atoms with Crippen molar-refractivity contribution in [3.63, 3.8) is 0 Å². The number of nitrogens with one attached hydrogen (secondary N) is 1. The first-order valence-electron chi connectivity index (χ1n) is 7.22. The Balaban J connectivity index is 2.06. The van der Waals surface area contributed by atoms with Crippen LogP contribution < -0.4 is 10.1 Å². The second kappa shape index (κ2) is 6.67. The Kier molecular flexibility index (Phi) is 5.12. The molecule has 0 radical (unpaired) electrons. The predicted molar refractivity (Wildman–Crippen MR) is 82.7 cm³/mol. The molecule has 0 unspecified atom stereocenters. The number of carbonyl (C=O) groups excluding carboxylic acids is 1. The summed E-state index contributed by atoms with van der Waals surface area (Å²) in [5.41, 5.74) is 0.475. The van der Waals surface area contributed by atoms with Crippen LogP contribution in [0.2, 0.25) is 5.02 Å². The number of aliphatic hydroxyl groups excluding tert-OH is 1. The van der Waals surface area contributed by atoms with Crippen molar-refractivity contribution in [3.8, 4) is 5.75 Å². The molecule has 2 rings (SSSR count). The quantitative estimate of drug-likeness (QED) is 0.878. The Bertz CT molecular complexity index is 520. The highest BCUT2D eigenvalue weighted by molar-refractivity contribution is 6.31. The van der Waals surface area contributed by atoms with Crippen LogP contribution in [0.4, 0.5) is 0 Å². The van der Waals surface area contributed by atoms with Crippen molar-refractivity contribution in [1.82, 2.24) is 5.32 Å². The molecule has 5 heteroatoms. The molecule has 0 heterocycles. The van der Waals surface area contributed by atoms with Gasteiger partial charge in [0.15, 0.2) is 0 Å². The summed E-state index contributed by atoms with van der Waals surface area (Å²) in [5, 5.41) is 13.1. The van der Waals surface area contributed by atoms with Crippen molar-refractivity contribution in [3.05, 3.63) is 28.8 Å². The van der Waals surface area contributed by atoms with Crippen LogP contribution in [0.3, 0.4) is 0 Å². The molecule has 4 nitrogen and oxygen atoms in total. The van der Waals surface area contributed by atoms with Crippen LogP contribution in [0.15, 0.2) is 18.2 Å². The maximum absolute atomic E-state index is 12.3. The number of hydrogen-bond acceptors (Lipinski definition) is 3. The maximum atomic E-state index is 12.3. The van der Waals surface area contributed by atoms with E-state index in [1.165, 1.54) is 0 Å². The van der Waals surface area contributed by atoms with Gasteiger partial charge in [-0.15, -0.1) is 0 Å². The average molecular weight is 312 g/mol. The Morgan fingerprint density at radius 3 is 3.00 bits per heavy atom. The summed E-state index contributed by atoms with van der Waals surface area (Å²) < 4.78 is 5.25. The zero-order valence-corrected chi connectivity index (χ0v) is 13.2. The normalized spacial score (nSPS) is 24.9. The summed E-state index contributed by atoms with van der Waals surface area (Å²) in [7, 11) is 1.56. The standard InChI is InChI=1S/C16H22ClNO3/c1-16(10-19)8-4-7-14(16)18-15(20)9-11-12(17)5-3-6-13(11)21-2/h3,5-6,14,19H,4,7-10H2,1-2H3,(H,18,20)/t14-,16-/m0/s1. The summed E-state index contributed by atoms with van der Waals surface area (Å²) >= 11 is 6.15. The van der Waals surface area contributed by atoms with Crippen molar-refractivity contribution in [2.24, 2.45) is 5.41 Å². The van der Waals surface area contributed by atoms with Gasteiger partial charge in [-0.1, -0.05) is 31.0 Å². The molecule has 1 amide bonds. The van der Waals surface area contributed by atoms with Gasteiger partial charge in [-0.2, -0.15) is 0 Å². The highest BCUT2D eigenvalue weighted by Crippen LogP contribution is 2.37. The van der Waals surface area contributed by atoms with E-state index >= 15 is 0 Å². The topological polar surface area (TPSA) is 58.6 Å². The van der Waals surface area contributed by atoms with Crippen LogP contribution in [0.25, 0.3) is 0 Å². The first-order valence-corrected chi connectivity index (χ1v) is 7.59. The molecule has 21 heavy (non-hydrogen) atoms. The summed E-state index contributed by atoms with van der Waals surface area (Å²) in [6, 6.07) is 5.35. The Hall–Kier alpha value is -1.26. The lowest BCUT2D eigenvalue weighted by molar-refractivity contribution is -0.122. The molecule has 1 aliphatic rings. The van der Waals surface area contributed by atoms with Crippen molar-refractivity contribution < 1.29 is 14.6 Å².